The second-order valence-corrected chi connectivity index (χ2v) is 4.01. The van der Waals surface area contributed by atoms with E-state index in [-0.39, 0.29) is 0 Å². The van der Waals surface area contributed by atoms with Gasteiger partial charge in [-0.2, -0.15) is 0 Å². The quantitative estimate of drug-likeness (QED) is 0.864. The number of anilines is 2. The summed E-state index contributed by atoms with van der Waals surface area (Å²) in [5, 5.41) is 3.20. The number of carbonyl (C=O) groups excluding carboxylic acids is 1. The molecule has 0 aliphatic carbocycles. The van der Waals surface area contributed by atoms with E-state index in [4.69, 9.17) is 5.73 Å². The van der Waals surface area contributed by atoms with Crippen molar-refractivity contribution in [3.63, 3.8) is 0 Å². The Morgan fingerprint density at radius 1 is 1.28 bits per heavy atom. The maximum atomic E-state index is 11.1. The summed E-state index contributed by atoms with van der Waals surface area (Å²) in [5.41, 5.74) is 8.61. The number of aryl methyl sites for hydroxylation is 1. The Hall–Kier alpha value is -2.36. The van der Waals surface area contributed by atoms with Crippen LogP contribution >= 0.6 is 0 Å². The molecule has 2 rings (SSSR count). The number of nitrogens with zero attached hydrogens (tertiary/aromatic N) is 1. The van der Waals surface area contributed by atoms with Crippen LogP contribution in [0.1, 0.15) is 22.8 Å². The van der Waals surface area contributed by atoms with Gasteiger partial charge in [-0.3, -0.25) is 9.78 Å². The van der Waals surface area contributed by atoms with E-state index >= 15 is 0 Å². The van der Waals surface area contributed by atoms with Gasteiger partial charge in [-0.05, 0) is 36.2 Å². The first-order valence-electron chi connectivity index (χ1n) is 5.80. The maximum absolute atomic E-state index is 11.1. The fourth-order valence-electron chi connectivity index (χ4n) is 1.67. The highest BCUT2D eigenvalue weighted by atomic mass is 16.1. The number of hydrogen-bond donors (Lipinski definition) is 2. The van der Waals surface area contributed by atoms with Crippen LogP contribution in [0.15, 0.2) is 42.7 Å². The van der Waals surface area contributed by atoms with Gasteiger partial charge in [-0.25, -0.2) is 0 Å². The van der Waals surface area contributed by atoms with E-state index in [1.165, 1.54) is 0 Å². The molecule has 0 bridgehead atoms. The molecule has 0 spiro atoms. The molecule has 18 heavy (non-hydrogen) atoms. The van der Waals surface area contributed by atoms with Crippen molar-refractivity contribution in [1.82, 2.24) is 4.98 Å². The zero-order valence-corrected chi connectivity index (χ0v) is 10.2. The number of pyridine rings is 1. The molecule has 0 aliphatic heterocycles. The van der Waals surface area contributed by atoms with Gasteiger partial charge in [0.1, 0.15) is 0 Å². The van der Waals surface area contributed by atoms with Crippen LogP contribution in [0.2, 0.25) is 0 Å². The fraction of sp³-hybridized carbons (Fsp3) is 0.143. The molecular weight excluding hydrogens is 226 g/mol. The third kappa shape index (κ3) is 2.85. The third-order valence-electron chi connectivity index (χ3n) is 2.64. The first kappa shape index (κ1) is 12.1. The summed E-state index contributed by atoms with van der Waals surface area (Å²) in [6.45, 7) is 2.08. The lowest BCUT2D eigenvalue weighted by Gasteiger charge is -2.08. The van der Waals surface area contributed by atoms with Gasteiger partial charge in [0.15, 0.2) is 0 Å². The normalized spacial score (nSPS) is 10.1. The van der Waals surface area contributed by atoms with E-state index in [0.29, 0.717) is 5.56 Å². The van der Waals surface area contributed by atoms with Crippen molar-refractivity contribution >= 4 is 17.3 Å². The molecule has 1 heterocycles. The molecule has 0 saturated carbocycles. The van der Waals surface area contributed by atoms with E-state index < -0.39 is 5.91 Å². The van der Waals surface area contributed by atoms with Crippen molar-refractivity contribution in [3.8, 4) is 0 Å². The maximum Gasteiger partial charge on any atom is 0.248 e. The van der Waals surface area contributed by atoms with Crippen molar-refractivity contribution in [2.45, 2.75) is 13.3 Å². The molecule has 4 nitrogen and oxygen atoms in total. The highest BCUT2D eigenvalue weighted by Crippen LogP contribution is 2.18. The molecule has 0 fully saturated rings. The summed E-state index contributed by atoms with van der Waals surface area (Å²) in [6, 6.07) is 9.11. The Labute approximate surface area is 106 Å². The average molecular weight is 241 g/mol. The van der Waals surface area contributed by atoms with Gasteiger partial charge >= 0.3 is 0 Å². The van der Waals surface area contributed by atoms with Crippen LogP contribution in [-0.4, -0.2) is 10.9 Å². The number of carbonyl (C=O) groups is 1. The number of rotatable bonds is 4. The molecule has 1 amide bonds. The number of primary amides is 1. The van der Waals surface area contributed by atoms with Crippen molar-refractivity contribution in [1.29, 1.82) is 0 Å². The van der Waals surface area contributed by atoms with Crippen molar-refractivity contribution in [2.24, 2.45) is 5.73 Å². The summed E-state index contributed by atoms with van der Waals surface area (Å²) in [7, 11) is 0. The van der Waals surface area contributed by atoms with E-state index in [1.54, 1.807) is 24.4 Å². The smallest absolute Gasteiger partial charge is 0.248 e. The van der Waals surface area contributed by atoms with E-state index in [1.807, 2.05) is 18.3 Å². The highest BCUT2D eigenvalue weighted by Gasteiger charge is 2.02. The summed E-state index contributed by atoms with van der Waals surface area (Å²) in [6.07, 6.45) is 4.52. The second-order valence-electron chi connectivity index (χ2n) is 4.01. The predicted molar refractivity (Wildman–Crippen MR) is 71.9 cm³/mol. The lowest BCUT2D eigenvalue weighted by molar-refractivity contribution is 0.100. The zero-order valence-electron chi connectivity index (χ0n) is 10.2. The summed E-state index contributed by atoms with van der Waals surface area (Å²) >= 11 is 0. The van der Waals surface area contributed by atoms with Crippen LogP contribution in [0, 0.1) is 0 Å². The Balaban J connectivity index is 2.22. The molecule has 2 aromatic rings. The number of benzene rings is 1. The van der Waals surface area contributed by atoms with Crippen LogP contribution < -0.4 is 11.1 Å². The van der Waals surface area contributed by atoms with Gasteiger partial charge < -0.3 is 11.1 Å². The van der Waals surface area contributed by atoms with Crippen molar-refractivity contribution < 1.29 is 4.79 Å². The minimum Gasteiger partial charge on any atom is -0.366 e. The van der Waals surface area contributed by atoms with E-state index in [0.717, 1.165) is 23.4 Å². The molecule has 0 aliphatic rings. The standard InChI is InChI=1S/C14H15N3O/c1-2-10-6-13(9-16-8-10)17-12-5-3-4-11(7-12)14(15)18/h3-9,17H,2H2,1H3,(H2,15,18). The third-order valence-corrected chi connectivity index (χ3v) is 2.64. The van der Waals surface area contributed by atoms with Crippen LogP contribution in [0.3, 0.4) is 0 Å². The van der Waals surface area contributed by atoms with Gasteiger partial charge in [0.05, 0.1) is 11.9 Å². The number of nitrogens with two attached hydrogens (primary N) is 1. The Morgan fingerprint density at radius 2 is 2.11 bits per heavy atom. The minimum atomic E-state index is -0.431. The van der Waals surface area contributed by atoms with Crippen molar-refractivity contribution in [2.75, 3.05) is 5.32 Å². The summed E-state index contributed by atoms with van der Waals surface area (Å²) < 4.78 is 0. The molecule has 0 atom stereocenters. The predicted octanol–water partition coefficient (Wildman–Crippen LogP) is 2.49. The topological polar surface area (TPSA) is 68.0 Å². The lowest BCUT2D eigenvalue weighted by atomic mass is 10.2. The van der Waals surface area contributed by atoms with Crippen LogP contribution in [0.5, 0.6) is 0 Å². The first-order chi connectivity index (χ1) is 8.69. The molecule has 0 radical (unpaired) electrons. The molecule has 4 heteroatoms. The van der Waals surface area contributed by atoms with Gasteiger partial charge in [-0.15, -0.1) is 0 Å². The Bertz CT molecular complexity index is 566. The molecule has 0 saturated heterocycles. The largest absolute Gasteiger partial charge is 0.366 e. The van der Waals surface area contributed by atoms with Crippen LogP contribution in [-0.2, 0) is 6.42 Å². The molecule has 1 aromatic carbocycles. The van der Waals surface area contributed by atoms with Crippen molar-refractivity contribution in [3.05, 3.63) is 53.9 Å². The molecule has 92 valence electrons. The highest BCUT2D eigenvalue weighted by molar-refractivity contribution is 5.93. The summed E-state index contributed by atoms with van der Waals surface area (Å²) in [5.74, 6) is -0.431. The van der Waals surface area contributed by atoms with Gasteiger partial charge in [0.25, 0.3) is 0 Å². The zero-order chi connectivity index (χ0) is 13.0. The van der Waals surface area contributed by atoms with Crippen LogP contribution in [0.25, 0.3) is 0 Å². The Morgan fingerprint density at radius 3 is 2.83 bits per heavy atom. The molecule has 1 aromatic heterocycles. The first-order valence-corrected chi connectivity index (χ1v) is 5.80. The average Bonchev–Trinajstić information content (AvgIpc) is 2.39. The minimum absolute atomic E-state index is 0.431. The van der Waals surface area contributed by atoms with E-state index in [2.05, 4.69) is 17.2 Å². The fourth-order valence-corrected chi connectivity index (χ4v) is 1.67. The molecule has 0 unspecified atom stereocenters. The SMILES string of the molecule is CCc1cncc(Nc2cccc(C(N)=O)c2)c1. The van der Waals surface area contributed by atoms with E-state index in [9.17, 15) is 4.79 Å². The molecule has 3 N–H and O–H groups in total. The van der Waals surface area contributed by atoms with Gasteiger partial charge in [0.2, 0.25) is 5.91 Å². The number of aromatic nitrogens is 1. The van der Waals surface area contributed by atoms with Crippen LogP contribution in [0.4, 0.5) is 11.4 Å². The Kier molecular flexibility index (Phi) is 3.57. The lowest BCUT2D eigenvalue weighted by Crippen LogP contribution is -2.10. The van der Waals surface area contributed by atoms with Gasteiger partial charge in [-0.1, -0.05) is 13.0 Å². The van der Waals surface area contributed by atoms with Gasteiger partial charge in [0, 0.05) is 17.4 Å². The monoisotopic (exact) mass is 241 g/mol. The number of hydrogen-bond acceptors (Lipinski definition) is 3. The summed E-state index contributed by atoms with van der Waals surface area (Å²) in [4.78, 5) is 15.2. The number of amides is 1. The second kappa shape index (κ2) is 5.31. The molecular formula is C14H15N3O. The number of nitrogens with one attached hydrogen (secondary N) is 1.